The van der Waals surface area contributed by atoms with Gasteiger partial charge in [0, 0.05) is 23.4 Å². The summed E-state index contributed by atoms with van der Waals surface area (Å²) in [4.78, 5) is 26.1. The van der Waals surface area contributed by atoms with Crippen molar-refractivity contribution < 1.29 is 4.79 Å². The van der Waals surface area contributed by atoms with E-state index in [2.05, 4.69) is 0 Å². The Hall–Kier alpha value is -1.98. The van der Waals surface area contributed by atoms with Gasteiger partial charge in [0.2, 0.25) is 0 Å². The van der Waals surface area contributed by atoms with Gasteiger partial charge in [0.15, 0.2) is 0 Å². The summed E-state index contributed by atoms with van der Waals surface area (Å²) in [7, 11) is 1.85. The fourth-order valence-electron chi connectivity index (χ4n) is 3.39. The Bertz CT molecular complexity index is 1020. The zero-order chi connectivity index (χ0) is 19.3. The zero-order valence-corrected chi connectivity index (χ0v) is 17.5. The normalized spacial score (nSPS) is 15.1. The second-order valence-electron chi connectivity index (χ2n) is 7.32. The highest BCUT2D eigenvalue weighted by molar-refractivity contribution is 7.20. The van der Waals surface area contributed by atoms with Crippen molar-refractivity contribution in [1.82, 2.24) is 14.9 Å². The third-order valence-electron chi connectivity index (χ3n) is 5.38. The van der Waals surface area contributed by atoms with Gasteiger partial charge in [0.25, 0.3) is 5.91 Å². The van der Waals surface area contributed by atoms with Crippen molar-refractivity contribution in [1.29, 1.82) is 0 Å². The molecule has 0 N–H and O–H groups in total. The van der Waals surface area contributed by atoms with Gasteiger partial charge in [-0.05, 0) is 56.9 Å². The van der Waals surface area contributed by atoms with Crippen molar-refractivity contribution in [2.24, 2.45) is 0 Å². The lowest BCUT2D eigenvalue weighted by atomic mass is 10.1. The summed E-state index contributed by atoms with van der Waals surface area (Å²) >= 11 is 7.47. The maximum atomic E-state index is 13.2. The van der Waals surface area contributed by atoms with Crippen LogP contribution >= 0.6 is 22.9 Å². The van der Waals surface area contributed by atoms with Crippen molar-refractivity contribution in [2.45, 2.75) is 45.6 Å². The first-order chi connectivity index (χ1) is 12.9. The Morgan fingerprint density at radius 3 is 2.52 bits per heavy atom. The van der Waals surface area contributed by atoms with E-state index in [1.807, 2.05) is 52.1 Å². The summed E-state index contributed by atoms with van der Waals surface area (Å²) in [6.45, 7) is 6.05. The van der Waals surface area contributed by atoms with Gasteiger partial charge in [-0.2, -0.15) is 0 Å². The van der Waals surface area contributed by atoms with Gasteiger partial charge >= 0.3 is 0 Å². The standard InChI is InChI=1S/C21H22ClN3OS/c1-11-17-12(2)23-19(15-5-6-15)24-20(17)27-18(11)21(26)25(4)13(3)14-7-9-16(22)10-8-14/h7-10,13,15H,5-6H2,1-4H3. The number of benzene rings is 1. The SMILES string of the molecule is Cc1nc(C2CC2)nc2sc(C(=O)N(C)C(C)c3ccc(Cl)cc3)c(C)c12. The maximum absolute atomic E-state index is 13.2. The molecule has 1 saturated carbocycles. The van der Waals surface area contributed by atoms with Gasteiger partial charge in [-0.3, -0.25) is 4.79 Å². The molecule has 6 heteroatoms. The van der Waals surface area contributed by atoms with Crippen LogP contribution in [0.3, 0.4) is 0 Å². The first-order valence-electron chi connectivity index (χ1n) is 9.17. The second-order valence-corrected chi connectivity index (χ2v) is 8.76. The van der Waals surface area contributed by atoms with Gasteiger partial charge in [-0.15, -0.1) is 11.3 Å². The average molecular weight is 400 g/mol. The molecule has 1 atom stereocenters. The summed E-state index contributed by atoms with van der Waals surface area (Å²) in [5.74, 6) is 1.45. The van der Waals surface area contributed by atoms with Crippen LogP contribution in [0.15, 0.2) is 24.3 Å². The summed E-state index contributed by atoms with van der Waals surface area (Å²) in [5, 5.41) is 1.72. The molecule has 1 unspecified atom stereocenters. The van der Waals surface area contributed by atoms with E-state index in [-0.39, 0.29) is 11.9 Å². The smallest absolute Gasteiger partial charge is 0.264 e. The molecule has 140 valence electrons. The summed E-state index contributed by atoms with van der Waals surface area (Å²) in [6, 6.07) is 7.59. The van der Waals surface area contributed by atoms with Crippen LogP contribution in [0.5, 0.6) is 0 Å². The van der Waals surface area contributed by atoms with Crippen molar-refractivity contribution in [3.05, 3.63) is 56.8 Å². The number of aryl methyl sites for hydroxylation is 2. The van der Waals surface area contributed by atoms with Gasteiger partial charge < -0.3 is 4.90 Å². The van der Waals surface area contributed by atoms with Crippen LogP contribution in [0.25, 0.3) is 10.2 Å². The number of hydrogen-bond acceptors (Lipinski definition) is 4. The molecule has 3 aromatic rings. The summed E-state index contributed by atoms with van der Waals surface area (Å²) in [6.07, 6.45) is 2.34. The Morgan fingerprint density at radius 2 is 1.89 bits per heavy atom. The molecule has 4 rings (SSSR count). The summed E-state index contributed by atoms with van der Waals surface area (Å²) < 4.78 is 0. The minimum Gasteiger partial charge on any atom is -0.334 e. The first kappa shape index (κ1) is 18.4. The van der Waals surface area contributed by atoms with Crippen LogP contribution in [0, 0.1) is 13.8 Å². The first-order valence-corrected chi connectivity index (χ1v) is 10.4. The highest BCUT2D eigenvalue weighted by Crippen LogP contribution is 2.40. The molecule has 0 saturated heterocycles. The van der Waals surface area contributed by atoms with Gasteiger partial charge in [0.1, 0.15) is 10.7 Å². The third-order valence-corrected chi connectivity index (χ3v) is 6.80. The van der Waals surface area contributed by atoms with E-state index in [1.165, 1.54) is 24.2 Å². The predicted molar refractivity (Wildman–Crippen MR) is 111 cm³/mol. The van der Waals surface area contributed by atoms with Crippen LogP contribution in [0.1, 0.15) is 64.0 Å². The third kappa shape index (κ3) is 3.34. The topological polar surface area (TPSA) is 46.1 Å². The van der Waals surface area contributed by atoms with E-state index in [0.29, 0.717) is 10.9 Å². The molecule has 1 amide bonds. The fourth-order valence-corrected chi connectivity index (χ4v) is 4.74. The Morgan fingerprint density at radius 1 is 1.22 bits per heavy atom. The van der Waals surface area contributed by atoms with E-state index >= 15 is 0 Å². The van der Waals surface area contributed by atoms with Crippen molar-refractivity contribution in [3.8, 4) is 0 Å². The second kappa shape index (κ2) is 6.88. The average Bonchev–Trinajstić information content (AvgIpc) is 3.44. The van der Waals surface area contributed by atoms with Gasteiger partial charge in [0.05, 0.1) is 16.6 Å². The predicted octanol–water partition coefficient (Wildman–Crippen LogP) is 5.67. The molecule has 0 aliphatic heterocycles. The number of carbonyl (C=O) groups is 1. The molecule has 1 fully saturated rings. The minimum absolute atomic E-state index is 0.0188. The van der Waals surface area contributed by atoms with E-state index in [9.17, 15) is 4.79 Å². The van der Waals surface area contributed by atoms with Crippen LogP contribution in [-0.2, 0) is 0 Å². The molecule has 4 nitrogen and oxygen atoms in total. The van der Waals surface area contributed by atoms with Gasteiger partial charge in [-0.1, -0.05) is 23.7 Å². The Kier molecular flexibility index (Phi) is 4.68. The Labute approximate surface area is 168 Å². The minimum atomic E-state index is -0.0476. The molecular formula is C21H22ClN3OS. The number of hydrogen-bond donors (Lipinski definition) is 0. The molecule has 1 aromatic carbocycles. The summed E-state index contributed by atoms with van der Waals surface area (Å²) in [5.41, 5.74) is 3.01. The van der Waals surface area contributed by atoms with Crippen LogP contribution in [0.4, 0.5) is 0 Å². The number of halogens is 1. The number of aromatic nitrogens is 2. The quantitative estimate of drug-likeness (QED) is 0.567. The van der Waals surface area contributed by atoms with E-state index in [0.717, 1.165) is 37.7 Å². The lowest BCUT2D eigenvalue weighted by Gasteiger charge is -2.25. The van der Waals surface area contributed by atoms with E-state index in [4.69, 9.17) is 21.6 Å². The molecular weight excluding hydrogens is 378 g/mol. The van der Waals surface area contributed by atoms with E-state index < -0.39 is 0 Å². The van der Waals surface area contributed by atoms with E-state index in [1.54, 1.807) is 4.90 Å². The zero-order valence-electron chi connectivity index (χ0n) is 15.9. The highest BCUT2D eigenvalue weighted by Gasteiger charge is 2.29. The number of nitrogens with zero attached hydrogens (tertiary/aromatic N) is 3. The number of amides is 1. The number of rotatable bonds is 4. The molecule has 1 aliphatic carbocycles. The van der Waals surface area contributed by atoms with Gasteiger partial charge in [-0.25, -0.2) is 9.97 Å². The van der Waals surface area contributed by atoms with Crippen LogP contribution in [0.2, 0.25) is 5.02 Å². The molecule has 2 aromatic heterocycles. The van der Waals surface area contributed by atoms with Crippen molar-refractivity contribution in [2.75, 3.05) is 7.05 Å². The highest BCUT2D eigenvalue weighted by atomic mass is 35.5. The maximum Gasteiger partial charge on any atom is 0.264 e. The number of fused-ring (bicyclic) bond motifs is 1. The fraction of sp³-hybridized carbons (Fsp3) is 0.381. The largest absolute Gasteiger partial charge is 0.334 e. The lowest BCUT2D eigenvalue weighted by Crippen LogP contribution is -2.29. The Balaban J connectivity index is 1.68. The molecule has 0 bridgehead atoms. The monoisotopic (exact) mass is 399 g/mol. The van der Waals surface area contributed by atoms with Crippen molar-refractivity contribution >= 4 is 39.1 Å². The molecule has 1 aliphatic rings. The van der Waals surface area contributed by atoms with Crippen LogP contribution in [-0.4, -0.2) is 27.8 Å². The lowest BCUT2D eigenvalue weighted by molar-refractivity contribution is 0.0747. The molecule has 0 spiro atoms. The molecule has 27 heavy (non-hydrogen) atoms. The van der Waals surface area contributed by atoms with Crippen LogP contribution < -0.4 is 0 Å². The molecule has 2 heterocycles. The molecule has 0 radical (unpaired) electrons. The number of carbonyl (C=O) groups excluding carboxylic acids is 1. The van der Waals surface area contributed by atoms with Crippen molar-refractivity contribution in [3.63, 3.8) is 0 Å². The number of thiophene rings is 1.